The average Bonchev–Trinajstić information content (AvgIpc) is 4.13. The van der Waals surface area contributed by atoms with Crippen molar-refractivity contribution in [3.8, 4) is 33.6 Å². The Labute approximate surface area is 365 Å². The van der Waals surface area contributed by atoms with E-state index in [1.807, 2.05) is 49.9 Å². The minimum atomic E-state index is -0.697. The highest BCUT2D eigenvalue weighted by molar-refractivity contribution is 7.19. The van der Waals surface area contributed by atoms with Crippen LogP contribution in [0.25, 0.3) is 43.7 Å². The van der Waals surface area contributed by atoms with Crippen LogP contribution in [0.4, 0.5) is 9.59 Å². The summed E-state index contributed by atoms with van der Waals surface area (Å²) in [6.45, 7) is 11.1. The van der Waals surface area contributed by atoms with Gasteiger partial charge in [-0.15, -0.1) is 11.3 Å². The number of hydrogen-bond acceptors (Lipinski definition) is 9. The van der Waals surface area contributed by atoms with Crippen molar-refractivity contribution in [2.75, 3.05) is 27.3 Å². The Balaban J connectivity index is 0.965. The van der Waals surface area contributed by atoms with E-state index in [9.17, 15) is 19.2 Å². The molecular weight excluding hydrogens is 805 g/mol. The van der Waals surface area contributed by atoms with Crippen LogP contribution in [-0.2, 0) is 30.1 Å². The number of benzene rings is 2. The summed E-state index contributed by atoms with van der Waals surface area (Å²) < 4.78 is 10.9. The van der Waals surface area contributed by atoms with Crippen LogP contribution in [-0.4, -0.2) is 93.1 Å². The van der Waals surface area contributed by atoms with Gasteiger partial charge in [0.05, 0.1) is 38.0 Å². The topological polar surface area (TPSA) is 175 Å². The molecule has 6 atom stereocenters. The van der Waals surface area contributed by atoms with Crippen LogP contribution in [0.3, 0.4) is 0 Å². The number of aromatic nitrogens is 4. The molecule has 4 fully saturated rings. The Morgan fingerprint density at radius 1 is 0.726 bits per heavy atom. The Kier molecular flexibility index (Phi) is 10.7. The van der Waals surface area contributed by atoms with E-state index >= 15 is 0 Å². The smallest absolute Gasteiger partial charge is 0.407 e. The normalized spacial score (nSPS) is 23.7. The number of fused-ring (bicyclic) bond motifs is 5. The molecule has 0 radical (unpaired) electrons. The van der Waals surface area contributed by atoms with Crippen molar-refractivity contribution < 1.29 is 28.7 Å². The van der Waals surface area contributed by atoms with Crippen molar-refractivity contribution >= 4 is 45.4 Å². The highest BCUT2D eigenvalue weighted by Crippen LogP contribution is 2.54. The van der Waals surface area contributed by atoms with Crippen LogP contribution in [0.5, 0.6) is 0 Å². The maximum Gasteiger partial charge on any atom is 0.407 e. The highest BCUT2D eigenvalue weighted by atomic mass is 32.1. The van der Waals surface area contributed by atoms with E-state index in [1.165, 1.54) is 19.1 Å². The van der Waals surface area contributed by atoms with Crippen LogP contribution < -0.4 is 10.6 Å². The van der Waals surface area contributed by atoms with E-state index in [0.717, 1.165) is 93.9 Å². The molecule has 5 heterocycles. The molecular formula is C47H56N8O6S. The number of imidazole rings is 2. The third kappa shape index (κ3) is 6.92. The first-order valence-electron chi connectivity index (χ1n) is 21.8. The molecule has 5 aromatic rings. The summed E-state index contributed by atoms with van der Waals surface area (Å²) in [5.41, 5.74) is 4.96. The fourth-order valence-corrected chi connectivity index (χ4v) is 11.9. The molecule has 326 valence electrons. The summed E-state index contributed by atoms with van der Waals surface area (Å²) in [6, 6.07) is 13.7. The molecule has 2 aromatic carbocycles. The van der Waals surface area contributed by atoms with Gasteiger partial charge in [0.1, 0.15) is 34.8 Å². The van der Waals surface area contributed by atoms with Gasteiger partial charge in [-0.05, 0) is 91.9 Å². The minimum Gasteiger partial charge on any atom is -0.453 e. The second kappa shape index (κ2) is 15.9. The molecule has 4 bridgehead atoms. The quantitative estimate of drug-likeness (QED) is 0.103. The van der Waals surface area contributed by atoms with Gasteiger partial charge in [-0.2, -0.15) is 0 Å². The van der Waals surface area contributed by atoms with E-state index in [0.29, 0.717) is 24.9 Å². The van der Waals surface area contributed by atoms with Crippen LogP contribution in [0.1, 0.15) is 82.7 Å². The number of nitrogens with zero attached hydrogens (tertiary/aromatic N) is 4. The van der Waals surface area contributed by atoms with E-state index in [2.05, 4.69) is 70.0 Å². The van der Waals surface area contributed by atoms with Gasteiger partial charge >= 0.3 is 12.2 Å². The number of ether oxygens (including phenoxy) is 2. The zero-order valence-corrected chi connectivity index (χ0v) is 37.3. The molecule has 15 heteroatoms. The van der Waals surface area contributed by atoms with Crippen molar-refractivity contribution in [2.24, 2.45) is 23.7 Å². The number of alkyl carbamates (subject to hydrolysis) is 2. The predicted molar refractivity (Wildman–Crippen MR) is 237 cm³/mol. The van der Waals surface area contributed by atoms with Crippen LogP contribution in [0.2, 0.25) is 0 Å². The van der Waals surface area contributed by atoms with E-state index in [4.69, 9.17) is 19.4 Å². The molecule has 3 aromatic heterocycles. The number of piperidine rings is 2. The second-order valence-corrected chi connectivity index (χ2v) is 19.8. The number of thiophene rings is 1. The molecule has 4 N–H and O–H groups in total. The number of likely N-dealkylation sites (tertiary alicyclic amines) is 2. The van der Waals surface area contributed by atoms with Gasteiger partial charge in [0, 0.05) is 33.6 Å². The van der Waals surface area contributed by atoms with Gasteiger partial charge in [-0.3, -0.25) is 9.59 Å². The molecule has 9 rings (SSSR count). The number of H-pyrrole nitrogens is 2. The molecule has 2 aliphatic heterocycles. The molecule has 2 saturated carbocycles. The highest BCUT2D eigenvalue weighted by Gasteiger charge is 2.58. The molecule has 2 saturated heterocycles. The molecule has 2 aliphatic carbocycles. The number of amides is 4. The predicted octanol–water partition coefficient (Wildman–Crippen LogP) is 8.09. The molecule has 4 aliphatic rings. The third-order valence-electron chi connectivity index (χ3n) is 14.1. The van der Waals surface area contributed by atoms with Crippen molar-refractivity contribution in [1.29, 1.82) is 0 Å². The number of hydrogen-bond donors (Lipinski definition) is 4. The Hall–Kier alpha value is -5.70. The lowest BCUT2D eigenvalue weighted by Gasteiger charge is -2.40. The minimum absolute atomic E-state index is 0.101. The lowest BCUT2D eigenvalue weighted by molar-refractivity contribution is -0.141. The first-order chi connectivity index (χ1) is 29.7. The number of carbonyl (C=O) groups is 4. The number of nitrogens with one attached hydrogen (secondary N) is 4. The summed E-state index contributed by atoms with van der Waals surface area (Å²) in [5, 5.41) is 6.70. The molecule has 0 unspecified atom stereocenters. The van der Waals surface area contributed by atoms with Gasteiger partial charge in [0.2, 0.25) is 11.8 Å². The van der Waals surface area contributed by atoms with Crippen molar-refractivity contribution in [1.82, 2.24) is 40.4 Å². The SMILES string of the molecule is COC(=O)N[C@H](C(=O)N1C[C@@H]2CC[C@@]1(c1ncc(-c3ccc(-c4ccc(-c5cnc([C@@]67CC[C@@H](CN6C(=O)[C@@H](NC(=O)OC)C(C)C)C7)[nH]5)c5sc(C)cc45)cc3)[nH]1)C2)C(C)C. The first kappa shape index (κ1) is 41.6. The van der Waals surface area contributed by atoms with Crippen LogP contribution in [0.15, 0.2) is 54.9 Å². The Morgan fingerprint density at radius 2 is 1.21 bits per heavy atom. The summed E-state index contributed by atoms with van der Waals surface area (Å²) in [7, 11) is 2.62. The Morgan fingerprint density at radius 3 is 1.71 bits per heavy atom. The van der Waals surface area contributed by atoms with E-state index < -0.39 is 35.3 Å². The van der Waals surface area contributed by atoms with Gasteiger partial charge < -0.3 is 39.9 Å². The van der Waals surface area contributed by atoms with Gasteiger partial charge in [0.15, 0.2) is 0 Å². The Bertz CT molecular complexity index is 2540. The van der Waals surface area contributed by atoms with Crippen LogP contribution >= 0.6 is 11.3 Å². The number of aryl methyl sites for hydroxylation is 1. The van der Waals surface area contributed by atoms with Gasteiger partial charge in [-0.1, -0.05) is 64.1 Å². The molecule has 0 spiro atoms. The summed E-state index contributed by atoms with van der Waals surface area (Å²) in [5.74, 6) is 1.92. The average molecular weight is 861 g/mol. The van der Waals surface area contributed by atoms with E-state index in [1.54, 1.807) is 11.3 Å². The number of rotatable bonds is 11. The zero-order valence-electron chi connectivity index (χ0n) is 36.5. The summed E-state index contributed by atoms with van der Waals surface area (Å²) >= 11 is 1.75. The van der Waals surface area contributed by atoms with Crippen LogP contribution in [0, 0.1) is 30.6 Å². The van der Waals surface area contributed by atoms with Crippen molar-refractivity contribution in [2.45, 2.75) is 96.3 Å². The lowest BCUT2D eigenvalue weighted by Crippen LogP contribution is -2.56. The largest absolute Gasteiger partial charge is 0.453 e. The maximum absolute atomic E-state index is 14.1. The number of aromatic amines is 2. The zero-order chi connectivity index (χ0) is 43.7. The number of carbonyl (C=O) groups excluding carboxylic acids is 4. The van der Waals surface area contributed by atoms with E-state index in [-0.39, 0.29) is 23.7 Å². The summed E-state index contributed by atoms with van der Waals surface area (Å²) in [6.07, 6.45) is 7.90. The third-order valence-corrected chi connectivity index (χ3v) is 15.1. The lowest BCUT2D eigenvalue weighted by atomic mass is 9.93. The second-order valence-electron chi connectivity index (χ2n) is 18.5. The molecule has 4 amide bonds. The fourth-order valence-electron chi connectivity index (χ4n) is 10.9. The molecule has 62 heavy (non-hydrogen) atoms. The monoisotopic (exact) mass is 860 g/mol. The maximum atomic E-state index is 14.1. The van der Waals surface area contributed by atoms with Crippen molar-refractivity contribution in [3.63, 3.8) is 0 Å². The van der Waals surface area contributed by atoms with Crippen molar-refractivity contribution in [3.05, 3.63) is 71.4 Å². The number of methoxy groups -OCH3 is 2. The molecule has 14 nitrogen and oxygen atoms in total. The summed E-state index contributed by atoms with van der Waals surface area (Å²) in [4.78, 5) is 74.8. The first-order valence-corrected chi connectivity index (χ1v) is 22.6. The van der Waals surface area contributed by atoms with Gasteiger partial charge in [-0.25, -0.2) is 19.6 Å². The van der Waals surface area contributed by atoms with Gasteiger partial charge in [0.25, 0.3) is 0 Å². The fraction of sp³-hybridized carbons (Fsp3) is 0.489. The standard InChI is InChI=1S/C47H56N8O6S/c1-25(2)37(52-44(58)60-6)40(56)54-23-28-14-16-46(54,19-28)42-48-21-35(50-42)31-10-8-30(9-11-31)32-12-13-33(39-34(32)18-27(5)62-39)36-22-49-43(51-36)47-17-15-29(20-47)24-55(47)41(57)38(26(3)4)53-45(59)61-7/h8-13,18,21-22,25-26,28-29,37-38H,14-17,19-20,23-24H2,1-7H3,(H,48,50)(H,49,51)(H,52,58)(H,53,59)/t28-,29-,37+,38+,46+,47+/m1/s1.